The summed E-state index contributed by atoms with van der Waals surface area (Å²) < 4.78 is 11.4. The summed E-state index contributed by atoms with van der Waals surface area (Å²) in [7, 11) is 0. The third-order valence-corrected chi connectivity index (χ3v) is 2.42. The molecule has 0 bridgehead atoms. The lowest BCUT2D eigenvalue weighted by Gasteiger charge is -2.03. The Morgan fingerprint density at radius 3 is 2.76 bits per heavy atom. The van der Waals surface area contributed by atoms with Gasteiger partial charge in [0.15, 0.2) is 5.69 Å². The first-order chi connectivity index (χ1) is 8.11. The highest BCUT2D eigenvalue weighted by Gasteiger charge is 2.20. The fourth-order valence-corrected chi connectivity index (χ4v) is 1.46. The summed E-state index contributed by atoms with van der Waals surface area (Å²) in [6.07, 6.45) is 0. The molecule has 96 valence electrons. The van der Waals surface area contributed by atoms with Gasteiger partial charge >= 0.3 is 5.97 Å². The van der Waals surface area contributed by atoms with Crippen molar-refractivity contribution in [3.8, 4) is 0 Å². The van der Waals surface area contributed by atoms with Gasteiger partial charge in [-0.2, -0.15) is 5.10 Å². The zero-order valence-electron chi connectivity index (χ0n) is 9.90. The Morgan fingerprint density at radius 1 is 1.47 bits per heavy atom. The maximum absolute atomic E-state index is 11.5. The fraction of sp³-hybridized carbons (Fsp3) is 0.600. The number of hydrogen-bond acceptors (Lipinski definition) is 5. The van der Waals surface area contributed by atoms with Crippen LogP contribution in [-0.4, -0.2) is 35.6 Å². The Kier molecular flexibility index (Phi) is 5.24. The van der Waals surface area contributed by atoms with E-state index < -0.39 is 5.97 Å². The molecule has 0 radical (unpaired) electrons. The highest BCUT2D eigenvalue weighted by Crippen LogP contribution is 2.23. The van der Waals surface area contributed by atoms with Crippen molar-refractivity contribution in [1.82, 2.24) is 9.78 Å². The molecule has 0 spiro atoms. The van der Waals surface area contributed by atoms with Gasteiger partial charge in [0, 0.05) is 6.61 Å². The van der Waals surface area contributed by atoms with E-state index in [9.17, 15) is 4.79 Å². The van der Waals surface area contributed by atoms with E-state index in [0.717, 1.165) is 0 Å². The number of ether oxygens (including phenoxy) is 2. The molecule has 6 nitrogen and oxygen atoms in total. The first-order valence-corrected chi connectivity index (χ1v) is 5.76. The van der Waals surface area contributed by atoms with Gasteiger partial charge in [0.2, 0.25) is 0 Å². The molecule has 0 aliphatic heterocycles. The van der Waals surface area contributed by atoms with Crippen LogP contribution in [0.15, 0.2) is 0 Å². The van der Waals surface area contributed by atoms with E-state index in [1.165, 1.54) is 4.68 Å². The predicted octanol–water partition coefficient (Wildman–Crippen LogP) is 1.33. The van der Waals surface area contributed by atoms with E-state index in [1.54, 1.807) is 6.92 Å². The van der Waals surface area contributed by atoms with Crippen molar-refractivity contribution in [2.45, 2.75) is 20.4 Å². The largest absolute Gasteiger partial charge is 0.461 e. The molecule has 2 N–H and O–H groups in total. The zero-order chi connectivity index (χ0) is 12.8. The number of hydrogen-bond donors (Lipinski definition) is 1. The van der Waals surface area contributed by atoms with Crippen LogP contribution < -0.4 is 5.73 Å². The third kappa shape index (κ3) is 3.34. The van der Waals surface area contributed by atoms with E-state index in [-0.39, 0.29) is 23.1 Å². The van der Waals surface area contributed by atoms with E-state index in [4.69, 9.17) is 26.8 Å². The molecule has 0 fully saturated rings. The quantitative estimate of drug-likeness (QED) is 0.617. The first kappa shape index (κ1) is 13.8. The van der Waals surface area contributed by atoms with Gasteiger partial charge in [0.1, 0.15) is 10.8 Å². The number of carbonyl (C=O) groups excluding carboxylic acids is 1. The van der Waals surface area contributed by atoms with Crippen LogP contribution >= 0.6 is 11.6 Å². The number of nitrogens with two attached hydrogens (primary N) is 1. The molecule has 0 amide bonds. The Balaban J connectivity index is 2.80. The predicted molar refractivity (Wildman–Crippen MR) is 64.1 cm³/mol. The summed E-state index contributed by atoms with van der Waals surface area (Å²) in [4.78, 5) is 11.5. The Morgan fingerprint density at radius 2 is 2.18 bits per heavy atom. The average molecular weight is 262 g/mol. The van der Waals surface area contributed by atoms with Crippen LogP contribution in [-0.2, 0) is 16.0 Å². The average Bonchev–Trinajstić information content (AvgIpc) is 2.58. The Labute approximate surface area is 105 Å². The second-order valence-corrected chi connectivity index (χ2v) is 3.57. The molecular formula is C10H16ClN3O3. The molecule has 0 atom stereocenters. The number of rotatable bonds is 6. The normalized spacial score (nSPS) is 10.5. The zero-order valence-corrected chi connectivity index (χ0v) is 10.7. The second kappa shape index (κ2) is 6.46. The second-order valence-electron chi connectivity index (χ2n) is 3.19. The minimum absolute atomic E-state index is 0.0440. The number of anilines is 1. The molecule has 0 unspecified atom stereocenters. The van der Waals surface area contributed by atoms with Gasteiger partial charge in [-0.3, -0.25) is 0 Å². The van der Waals surface area contributed by atoms with Crippen molar-refractivity contribution in [3.05, 3.63) is 10.7 Å². The van der Waals surface area contributed by atoms with Gasteiger partial charge in [-0.05, 0) is 13.8 Å². The Bertz CT molecular complexity index is 392. The van der Waals surface area contributed by atoms with Crippen molar-refractivity contribution in [3.63, 3.8) is 0 Å². The molecule has 0 saturated heterocycles. The van der Waals surface area contributed by atoms with Gasteiger partial charge in [-0.25, -0.2) is 9.48 Å². The molecule has 1 heterocycles. The summed E-state index contributed by atoms with van der Waals surface area (Å²) in [5.74, 6) is -0.325. The lowest BCUT2D eigenvalue weighted by atomic mass is 10.4. The van der Waals surface area contributed by atoms with E-state index in [2.05, 4.69) is 5.10 Å². The summed E-state index contributed by atoms with van der Waals surface area (Å²) in [5.41, 5.74) is 5.77. The SMILES string of the molecule is CCOCCn1nc(C(=O)OCC)c(Cl)c1N. The molecule has 1 aromatic heterocycles. The number of aromatic nitrogens is 2. The maximum atomic E-state index is 11.5. The summed E-state index contributed by atoms with van der Waals surface area (Å²) in [5, 5.41) is 4.13. The van der Waals surface area contributed by atoms with Gasteiger partial charge in [0.05, 0.1) is 19.8 Å². The maximum Gasteiger partial charge on any atom is 0.360 e. The lowest BCUT2D eigenvalue weighted by Crippen LogP contribution is -2.11. The van der Waals surface area contributed by atoms with Crippen LogP contribution in [0, 0.1) is 0 Å². The smallest absolute Gasteiger partial charge is 0.360 e. The lowest BCUT2D eigenvalue weighted by molar-refractivity contribution is 0.0518. The molecule has 0 aliphatic carbocycles. The standard InChI is InChI=1S/C10H16ClN3O3/c1-3-16-6-5-14-9(12)7(11)8(13-14)10(15)17-4-2/h3-6,12H2,1-2H3. The molecule has 1 rings (SSSR count). The molecule has 17 heavy (non-hydrogen) atoms. The van der Waals surface area contributed by atoms with Crippen LogP contribution in [0.2, 0.25) is 5.02 Å². The Hall–Kier alpha value is -1.27. The van der Waals surface area contributed by atoms with E-state index in [1.807, 2.05) is 6.92 Å². The summed E-state index contributed by atoms with van der Waals surface area (Å²) in [6.45, 7) is 5.38. The van der Waals surface area contributed by atoms with Crippen LogP contribution in [0.3, 0.4) is 0 Å². The number of esters is 1. The summed E-state index contributed by atoms with van der Waals surface area (Å²) in [6, 6.07) is 0. The third-order valence-electron chi connectivity index (χ3n) is 2.05. The highest BCUT2D eigenvalue weighted by atomic mass is 35.5. The molecule has 7 heteroatoms. The molecule has 1 aromatic rings. The first-order valence-electron chi connectivity index (χ1n) is 5.38. The molecule has 0 aliphatic rings. The summed E-state index contributed by atoms with van der Waals surface area (Å²) >= 11 is 5.91. The van der Waals surface area contributed by atoms with Crippen molar-refractivity contribution in [2.24, 2.45) is 0 Å². The van der Waals surface area contributed by atoms with Crippen LogP contribution in [0.25, 0.3) is 0 Å². The van der Waals surface area contributed by atoms with Crippen LogP contribution in [0.1, 0.15) is 24.3 Å². The van der Waals surface area contributed by atoms with E-state index >= 15 is 0 Å². The molecular weight excluding hydrogens is 246 g/mol. The van der Waals surface area contributed by atoms with E-state index in [0.29, 0.717) is 19.8 Å². The molecule has 0 saturated carbocycles. The van der Waals surface area contributed by atoms with Crippen LogP contribution in [0.4, 0.5) is 5.82 Å². The van der Waals surface area contributed by atoms with Crippen molar-refractivity contribution < 1.29 is 14.3 Å². The van der Waals surface area contributed by atoms with Gasteiger partial charge in [-0.15, -0.1) is 0 Å². The van der Waals surface area contributed by atoms with Gasteiger partial charge < -0.3 is 15.2 Å². The highest BCUT2D eigenvalue weighted by molar-refractivity contribution is 6.35. The van der Waals surface area contributed by atoms with Crippen LogP contribution in [0.5, 0.6) is 0 Å². The topological polar surface area (TPSA) is 79.4 Å². The van der Waals surface area contributed by atoms with Crippen molar-refractivity contribution >= 4 is 23.4 Å². The minimum Gasteiger partial charge on any atom is -0.461 e. The monoisotopic (exact) mass is 261 g/mol. The number of carbonyl (C=O) groups is 1. The number of halogens is 1. The number of nitrogens with zero attached hydrogens (tertiary/aromatic N) is 2. The van der Waals surface area contributed by atoms with Crippen molar-refractivity contribution in [2.75, 3.05) is 25.6 Å². The van der Waals surface area contributed by atoms with Gasteiger partial charge in [-0.1, -0.05) is 11.6 Å². The minimum atomic E-state index is -0.570. The van der Waals surface area contributed by atoms with Crippen molar-refractivity contribution in [1.29, 1.82) is 0 Å². The molecule has 0 aromatic carbocycles. The number of nitrogen functional groups attached to an aromatic ring is 1. The fourth-order valence-electron chi connectivity index (χ4n) is 1.25. The van der Waals surface area contributed by atoms with Gasteiger partial charge in [0.25, 0.3) is 0 Å².